The van der Waals surface area contributed by atoms with Crippen LogP contribution in [0.5, 0.6) is 0 Å². The molecular formula is C9H19NO2S. The van der Waals surface area contributed by atoms with Crippen molar-refractivity contribution in [2.24, 2.45) is 5.92 Å². The first-order valence-electron chi connectivity index (χ1n) is 4.94. The van der Waals surface area contributed by atoms with Gasteiger partial charge in [-0.15, -0.1) is 0 Å². The van der Waals surface area contributed by atoms with Crippen molar-refractivity contribution in [3.05, 3.63) is 0 Å². The second kappa shape index (κ2) is 4.42. The van der Waals surface area contributed by atoms with Gasteiger partial charge in [-0.2, -0.15) is 0 Å². The predicted molar refractivity (Wildman–Crippen MR) is 54.5 cm³/mol. The van der Waals surface area contributed by atoms with Gasteiger partial charge in [-0.05, 0) is 45.7 Å². The van der Waals surface area contributed by atoms with Gasteiger partial charge in [0.05, 0.1) is 11.0 Å². The maximum absolute atomic E-state index is 11.5. The highest BCUT2D eigenvalue weighted by Crippen LogP contribution is 2.14. The first-order chi connectivity index (χ1) is 6.02. The van der Waals surface area contributed by atoms with E-state index in [0.29, 0.717) is 11.7 Å². The van der Waals surface area contributed by atoms with E-state index in [2.05, 4.69) is 5.32 Å². The SMILES string of the molecule is CC(C)S(=O)(=O)CC[C@@H]1CCNC1. The lowest BCUT2D eigenvalue weighted by atomic mass is 10.1. The molecule has 78 valence electrons. The maximum atomic E-state index is 11.5. The van der Waals surface area contributed by atoms with Crippen molar-refractivity contribution < 1.29 is 8.42 Å². The highest BCUT2D eigenvalue weighted by Gasteiger charge is 2.20. The van der Waals surface area contributed by atoms with Crippen LogP contribution >= 0.6 is 0 Å². The highest BCUT2D eigenvalue weighted by molar-refractivity contribution is 7.91. The van der Waals surface area contributed by atoms with Crippen molar-refractivity contribution in [2.75, 3.05) is 18.8 Å². The standard InChI is InChI=1S/C9H19NO2S/c1-8(2)13(11,12)6-4-9-3-5-10-7-9/h8-10H,3-7H2,1-2H3/t9-/m0/s1. The van der Waals surface area contributed by atoms with Gasteiger partial charge < -0.3 is 5.32 Å². The van der Waals surface area contributed by atoms with Crippen LogP contribution in [0, 0.1) is 5.92 Å². The fourth-order valence-corrected chi connectivity index (χ4v) is 2.66. The summed E-state index contributed by atoms with van der Waals surface area (Å²) in [5, 5.41) is 3.02. The van der Waals surface area contributed by atoms with Crippen LogP contribution in [0.2, 0.25) is 0 Å². The highest BCUT2D eigenvalue weighted by atomic mass is 32.2. The third kappa shape index (κ3) is 3.27. The van der Waals surface area contributed by atoms with Gasteiger partial charge in [0.2, 0.25) is 0 Å². The fourth-order valence-electron chi connectivity index (χ4n) is 1.53. The molecule has 1 heterocycles. The second-order valence-corrected chi connectivity index (χ2v) is 6.74. The Morgan fingerprint density at radius 3 is 2.62 bits per heavy atom. The summed E-state index contributed by atoms with van der Waals surface area (Å²) < 4.78 is 22.9. The topological polar surface area (TPSA) is 46.2 Å². The third-order valence-electron chi connectivity index (χ3n) is 2.69. The summed E-state index contributed by atoms with van der Waals surface area (Å²) in [6, 6.07) is 0. The second-order valence-electron chi connectivity index (χ2n) is 4.06. The summed E-state index contributed by atoms with van der Waals surface area (Å²) >= 11 is 0. The van der Waals surface area contributed by atoms with Crippen LogP contribution in [-0.2, 0) is 9.84 Å². The average Bonchev–Trinajstić information content (AvgIpc) is 2.52. The van der Waals surface area contributed by atoms with Crippen molar-refractivity contribution in [3.63, 3.8) is 0 Å². The van der Waals surface area contributed by atoms with Gasteiger partial charge in [0.1, 0.15) is 0 Å². The number of hydrogen-bond acceptors (Lipinski definition) is 3. The first-order valence-corrected chi connectivity index (χ1v) is 6.66. The molecule has 1 saturated heterocycles. The summed E-state index contributed by atoms with van der Waals surface area (Å²) in [4.78, 5) is 0. The number of nitrogens with one attached hydrogen (secondary N) is 1. The molecule has 0 spiro atoms. The van der Waals surface area contributed by atoms with Gasteiger partial charge in [-0.3, -0.25) is 0 Å². The molecule has 3 nitrogen and oxygen atoms in total. The Morgan fingerprint density at radius 2 is 2.15 bits per heavy atom. The van der Waals surface area contributed by atoms with Crippen LogP contribution in [0.25, 0.3) is 0 Å². The van der Waals surface area contributed by atoms with Crippen molar-refractivity contribution in [1.82, 2.24) is 5.32 Å². The Kier molecular flexibility index (Phi) is 3.74. The molecule has 4 heteroatoms. The molecule has 0 saturated carbocycles. The molecular weight excluding hydrogens is 186 g/mol. The van der Waals surface area contributed by atoms with Crippen LogP contribution < -0.4 is 5.32 Å². The minimum absolute atomic E-state index is 0.220. The van der Waals surface area contributed by atoms with Gasteiger partial charge in [-0.25, -0.2) is 8.42 Å². The van der Waals surface area contributed by atoms with Crippen LogP contribution in [0.1, 0.15) is 26.7 Å². The molecule has 0 aromatic heterocycles. The molecule has 0 radical (unpaired) electrons. The summed E-state index contributed by atoms with van der Waals surface area (Å²) in [6.07, 6.45) is 1.96. The molecule has 0 unspecified atom stereocenters. The molecule has 0 aliphatic carbocycles. The van der Waals surface area contributed by atoms with Crippen LogP contribution in [-0.4, -0.2) is 32.5 Å². The number of hydrogen-bond donors (Lipinski definition) is 1. The molecule has 1 N–H and O–H groups in total. The molecule has 1 aliphatic heterocycles. The van der Waals surface area contributed by atoms with Gasteiger partial charge in [0.25, 0.3) is 0 Å². The Balaban J connectivity index is 2.33. The largest absolute Gasteiger partial charge is 0.316 e. The molecule has 1 fully saturated rings. The Bertz CT molecular complexity index is 240. The summed E-state index contributed by atoms with van der Waals surface area (Å²) in [5.41, 5.74) is 0. The van der Waals surface area contributed by atoms with E-state index in [1.54, 1.807) is 13.8 Å². The van der Waals surface area contributed by atoms with E-state index >= 15 is 0 Å². The maximum Gasteiger partial charge on any atom is 0.152 e. The molecule has 0 bridgehead atoms. The van der Waals surface area contributed by atoms with Crippen LogP contribution in [0.15, 0.2) is 0 Å². The third-order valence-corrected chi connectivity index (χ3v) is 4.93. The lowest BCUT2D eigenvalue weighted by molar-refractivity contribution is 0.542. The number of rotatable bonds is 4. The van der Waals surface area contributed by atoms with E-state index < -0.39 is 9.84 Å². The van der Waals surface area contributed by atoms with Crippen molar-refractivity contribution in [3.8, 4) is 0 Å². The van der Waals surface area contributed by atoms with Gasteiger partial charge in [-0.1, -0.05) is 0 Å². The number of sulfone groups is 1. The van der Waals surface area contributed by atoms with E-state index in [1.165, 1.54) is 0 Å². The molecule has 1 aliphatic rings. The monoisotopic (exact) mass is 205 g/mol. The van der Waals surface area contributed by atoms with Gasteiger partial charge >= 0.3 is 0 Å². The Hall–Kier alpha value is -0.0900. The zero-order chi connectivity index (χ0) is 9.90. The average molecular weight is 205 g/mol. The predicted octanol–water partition coefficient (Wildman–Crippen LogP) is 0.809. The van der Waals surface area contributed by atoms with Gasteiger partial charge in [0, 0.05) is 0 Å². The zero-order valence-corrected chi connectivity index (χ0v) is 9.23. The fraction of sp³-hybridized carbons (Fsp3) is 1.00. The molecule has 0 amide bonds. The quantitative estimate of drug-likeness (QED) is 0.739. The molecule has 0 aromatic rings. The minimum atomic E-state index is -2.81. The molecule has 0 aromatic carbocycles. The molecule has 13 heavy (non-hydrogen) atoms. The van der Waals surface area contributed by atoms with E-state index in [0.717, 1.165) is 25.9 Å². The lowest BCUT2D eigenvalue weighted by Gasteiger charge is -2.10. The zero-order valence-electron chi connectivity index (χ0n) is 8.41. The van der Waals surface area contributed by atoms with E-state index in [-0.39, 0.29) is 5.25 Å². The summed E-state index contributed by atoms with van der Waals surface area (Å²) in [6.45, 7) is 5.55. The lowest BCUT2D eigenvalue weighted by Crippen LogP contribution is -2.20. The summed E-state index contributed by atoms with van der Waals surface area (Å²) in [5.74, 6) is 0.935. The Labute approximate surface area is 80.8 Å². The van der Waals surface area contributed by atoms with E-state index in [1.807, 2.05) is 0 Å². The van der Waals surface area contributed by atoms with Gasteiger partial charge in [0.15, 0.2) is 9.84 Å². The first kappa shape index (κ1) is 11.0. The Morgan fingerprint density at radius 1 is 1.46 bits per heavy atom. The van der Waals surface area contributed by atoms with E-state index in [4.69, 9.17) is 0 Å². The van der Waals surface area contributed by atoms with Crippen LogP contribution in [0.3, 0.4) is 0 Å². The van der Waals surface area contributed by atoms with E-state index in [9.17, 15) is 8.42 Å². The van der Waals surface area contributed by atoms with Crippen molar-refractivity contribution in [1.29, 1.82) is 0 Å². The minimum Gasteiger partial charge on any atom is -0.316 e. The normalized spacial score (nSPS) is 24.1. The van der Waals surface area contributed by atoms with Crippen molar-refractivity contribution in [2.45, 2.75) is 31.9 Å². The van der Waals surface area contributed by atoms with Crippen molar-refractivity contribution >= 4 is 9.84 Å². The summed E-state index contributed by atoms with van der Waals surface area (Å²) in [7, 11) is -2.81. The molecule has 1 atom stereocenters. The van der Waals surface area contributed by atoms with Crippen LogP contribution in [0.4, 0.5) is 0 Å². The molecule has 1 rings (SSSR count). The smallest absolute Gasteiger partial charge is 0.152 e.